The number of fused-ring (bicyclic) bond motifs is 1. The number of carbonyl (C=O) groups excluding carboxylic acids is 1. The van der Waals surface area contributed by atoms with Crippen LogP contribution in [-0.2, 0) is 16.6 Å². The average molecular weight is 384 g/mol. The van der Waals surface area contributed by atoms with E-state index in [0.717, 1.165) is 12.6 Å². The summed E-state index contributed by atoms with van der Waals surface area (Å²) in [6, 6.07) is 0.340. The number of hydrogen-bond acceptors (Lipinski definition) is 9. The summed E-state index contributed by atoms with van der Waals surface area (Å²) in [5.41, 5.74) is 0. The van der Waals surface area contributed by atoms with Crippen LogP contribution in [0.5, 0.6) is 17.6 Å². The number of aromatic nitrogens is 4. The lowest BCUT2D eigenvalue weighted by molar-refractivity contribution is 0.224. The van der Waals surface area contributed by atoms with Crippen molar-refractivity contribution in [2.45, 2.75) is 17.9 Å². The van der Waals surface area contributed by atoms with E-state index in [1.807, 2.05) is 4.72 Å². The number of carbonyl (C=O) groups is 1. The van der Waals surface area contributed by atoms with Crippen LogP contribution in [0.15, 0.2) is 17.2 Å². The number of methoxy groups -OCH3 is 2. The Labute approximate surface area is 148 Å². The molecular weight excluding hydrogens is 368 g/mol. The highest BCUT2D eigenvalue weighted by molar-refractivity contribution is 7.90. The minimum Gasteiger partial charge on any atom is -0.481 e. The van der Waals surface area contributed by atoms with Gasteiger partial charge < -0.3 is 14.2 Å². The highest BCUT2D eigenvalue weighted by atomic mass is 32.2. The molecule has 0 saturated carbocycles. The van der Waals surface area contributed by atoms with Crippen molar-refractivity contribution in [3.05, 3.63) is 12.3 Å². The fourth-order valence-electron chi connectivity index (χ4n) is 2.20. The lowest BCUT2D eigenvalue weighted by atomic mass is 10.4. The molecule has 0 spiro atoms. The zero-order valence-electron chi connectivity index (χ0n) is 13.9. The molecule has 0 unspecified atom stereocenters. The summed E-state index contributed by atoms with van der Waals surface area (Å²) in [5, 5.41) is 6.15. The monoisotopic (exact) mass is 384 g/mol. The standard InChI is InChI=1S/C13H16N6O6S/c1-23-9-6-10(24-2)16-12(15-9)17-13(20)18-26(21,22)8-7-14-19-4-3-5-25-11(8)19/h6-7H,3-5H2,1-2H3,(H2,15,16,17,18,20). The SMILES string of the molecule is COc1cc(OC)nc(NC(=O)NS(=O)(=O)c2cnn3c2OCCC3)n1. The highest BCUT2D eigenvalue weighted by Gasteiger charge is 2.28. The molecule has 1 aliphatic heterocycles. The first kappa shape index (κ1) is 17.7. The van der Waals surface area contributed by atoms with E-state index in [0.29, 0.717) is 13.2 Å². The van der Waals surface area contributed by atoms with Gasteiger partial charge >= 0.3 is 6.03 Å². The molecule has 0 saturated heterocycles. The second-order valence-corrected chi connectivity index (χ2v) is 6.73. The van der Waals surface area contributed by atoms with Crippen LogP contribution in [0.4, 0.5) is 10.7 Å². The first-order valence-corrected chi connectivity index (χ1v) is 8.90. The second kappa shape index (κ2) is 7.03. The number of sulfonamides is 1. The molecule has 13 heteroatoms. The molecule has 1 aliphatic rings. The number of anilines is 1. The molecule has 0 radical (unpaired) electrons. The van der Waals surface area contributed by atoms with Gasteiger partial charge in [-0.15, -0.1) is 0 Å². The number of aryl methyl sites for hydroxylation is 1. The van der Waals surface area contributed by atoms with Crippen molar-refractivity contribution in [1.82, 2.24) is 24.5 Å². The van der Waals surface area contributed by atoms with Crippen LogP contribution >= 0.6 is 0 Å². The van der Waals surface area contributed by atoms with Crippen LogP contribution in [0.25, 0.3) is 0 Å². The fraction of sp³-hybridized carbons (Fsp3) is 0.385. The molecule has 3 heterocycles. The van der Waals surface area contributed by atoms with Crippen LogP contribution < -0.4 is 24.2 Å². The molecule has 140 valence electrons. The second-order valence-electron chi connectivity index (χ2n) is 5.08. The number of amides is 2. The van der Waals surface area contributed by atoms with Gasteiger partial charge in [0, 0.05) is 13.0 Å². The van der Waals surface area contributed by atoms with E-state index < -0.39 is 16.1 Å². The van der Waals surface area contributed by atoms with Gasteiger partial charge in [0.15, 0.2) is 4.90 Å². The third-order valence-electron chi connectivity index (χ3n) is 3.35. The van der Waals surface area contributed by atoms with E-state index in [-0.39, 0.29) is 28.5 Å². The van der Waals surface area contributed by atoms with Gasteiger partial charge in [0.05, 0.1) is 33.1 Å². The maximum absolute atomic E-state index is 12.4. The predicted molar refractivity (Wildman–Crippen MR) is 86.8 cm³/mol. The van der Waals surface area contributed by atoms with Gasteiger partial charge in [-0.1, -0.05) is 0 Å². The largest absolute Gasteiger partial charge is 0.481 e. The van der Waals surface area contributed by atoms with Gasteiger partial charge in [-0.25, -0.2) is 22.6 Å². The van der Waals surface area contributed by atoms with Gasteiger partial charge in [-0.2, -0.15) is 15.1 Å². The lowest BCUT2D eigenvalue weighted by Gasteiger charge is -2.16. The third-order valence-corrected chi connectivity index (χ3v) is 4.67. The minimum absolute atomic E-state index is 0.0934. The predicted octanol–water partition coefficient (Wildman–Crippen LogP) is -0.0168. The van der Waals surface area contributed by atoms with E-state index in [2.05, 4.69) is 20.4 Å². The maximum Gasteiger partial charge on any atom is 0.335 e. The Bertz CT molecular complexity index is 905. The molecule has 0 aliphatic carbocycles. The molecule has 3 rings (SSSR count). The number of hydrogen-bond donors (Lipinski definition) is 2. The van der Waals surface area contributed by atoms with Gasteiger partial charge in [-0.05, 0) is 0 Å². The van der Waals surface area contributed by atoms with E-state index in [4.69, 9.17) is 14.2 Å². The zero-order chi connectivity index (χ0) is 18.7. The first-order valence-electron chi connectivity index (χ1n) is 7.42. The fourth-order valence-corrected chi connectivity index (χ4v) is 3.19. The van der Waals surface area contributed by atoms with Crippen LogP contribution in [0.2, 0.25) is 0 Å². The van der Waals surface area contributed by atoms with Crippen molar-refractivity contribution >= 4 is 22.0 Å². The number of nitrogens with zero attached hydrogens (tertiary/aromatic N) is 4. The summed E-state index contributed by atoms with van der Waals surface area (Å²) in [6.45, 7) is 0.909. The van der Waals surface area contributed by atoms with Gasteiger partial charge in [0.1, 0.15) is 0 Å². The topological polar surface area (TPSA) is 147 Å². The Morgan fingerprint density at radius 1 is 1.27 bits per heavy atom. The number of ether oxygens (including phenoxy) is 3. The summed E-state index contributed by atoms with van der Waals surface area (Å²) in [5.74, 6) is 0.168. The van der Waals surface area contributed by atoms with Crippen molar-refractivity contribution in [1.29, 1.82) is 0 Å². The van der Waals surface area contributed by atoms with Crippen molar-refractivity contribution < 1.29 is 27.4 Å². The average Bonchev–Trinajstić information content (AvgIpc) is 3.05. The van der Waals surface area contributed by atoms with E-state index in [1.54, 1.807) is 0 Å². The molecule has 2 aromatic heterocycles. The number of urea groups is 1. The van der Waals surface area contributed by atoms with Crippen molar-refractivity contribution in [3.63, 3.8) is 0 Å². The molecule has 2 aromatic rings. The Kier molecular flexibility index (Phi) is 4.79. The molecular formula is C13H16N6O6S. The third kappa shape index (κ3) is 3.61. The minimum atomic E-state index is -4.20. The summed E-state index contributed by atoms with van der Waals surface area (Å²) in [7, 11) is -1.45. The highest BCUT2D eigenvalue weighted by Crippen LogP contribution is 2.26. The summed E-state index contributed by atoms with van der Waals surface area (Å²) >= 11 is 0. The number of nitrogens with one attached hydrogen (secondary N) is 2. The Morgan fingerprint density at radius 2 is 1.96 bits per heavy atom. The molecule has 12 nitrogen and oxygen atoms in total. The Balaban J connectivity index is 1.76. The van der Waals surface area contributed by atoms with E-state index in [9.17, 15) is 13.2 Å². The molecule has 26 heavy (non-hydrogen) atoms. The normalized spacial score (nSPS) is 13.3. The van der Waals surface area contributed by atoms with Crippen molar-refractivity contribution in [2.24, 2.45) is 0 Å². The van der Waals surface area contributed by atoms with Gasteiger partial charge in [0.25, 0.3) is 10.0 Å². The summed E-state index contributed by atoms with van der Waals surface area (Å²) in [6.07, 6.45) is 1.85. The van der Waals surface area contributed by atoms with E-state index >= 15 is 0 Å². The zero-order valence-corrected chi connectivity index (χ0v) is 14.7. The van der Waals surface area contributed by atoms with Gasteiger partial charge in [-0.3, -0.25) is 5.32 Å². The molecule has 2 N–H and O–H groups in total. The van der Waals surface area contributed by atoms with Gasteiger partial charge in [0.2, 0.25) is 23.6 Å². The lowest BCUT2D eigenvalue weighted by Crippen LogP contribution is -2.35. The van der Waals surface area contributed by atoms with Crippen molar-refractivity contribution in [3.8, 4) is 17.6 Å². The first-order chi connectivity index (χ1) is 12.4. The quantitative estimate of drug-likeness (QED) is 0.726. The molecule has 0 fully saturated rings. The Hall–Kier alpha value is -3.09. The van der Waals surface area contributed by atoms with Crippen molar-refractivity contribution in [2.75, 3.05) is 26.1 Å². The van der Waals surface area contributed by atoms with E-state index in [1.165, 1.54) is 25.0 Å². The molecule has 0 atom stereocenters. The molecule has 0 bridgehead atoms. The molecule has 2 amide bonds. The van der Waals surface area contributed by atoms with Crippen LogP contribution in [0, 0.1) is 0 Å². The maximum atomic E-state index is 12.4. The van der Waals surface area contributed by atoms with Crippen LogP contribution in [0.1, 0.15) is 6.42 Å². The smallest absolute Gasteiger partial charge is 0.335 e. The summed E-state index contributed by atoms with van der Waals surface area (Å²) in [4.78, 5) is 19.6. The number of rotatable bonds is 5. The Morgan fingerprint density at radius 3 is 2.62 bits per heavy atom. The molecule has 0 aromatic carbocycles. The van der Waals surface area contributed by atoms with Crippen LogP contribution in [0.3, 0.4) is 0 Å². The summed E-state index contributed by atoms with van der Waals surface area (Å²) < 4.78 is 43.4. The van der Waals surface area contributed by atoms with Crippen LogP contribution in [-0.4, -0.2) is 55.0 Å².